The van der Waals surface area contributed by atoms with Gasteiger partial charge in [-0.3, -0.25) is 4.68 Å². The van der Waals surface area contributed by atoms with E-state index in [-0.39, 0.29) is 18.0 Å². The summed E-state index contributed by atoms with van der Waals surface area (Å²) < 4.78 is 42.9. The number of nitrogens with zero attached hydrogens (tertiary/aromatic N) is 2. The minimum Gasteiger partial charge on any atom is -0.404 e. The molecule has 2 aromatic rings. The molecule has 0 aliphatic rings. The molecule has 0 amide bonds. The van der Waals surface area contributed by atoms with Gasteiger partial charge in [0, 0.05) is 17.8 Å². The number of para-hydroxylation sites is 2. The van der Waals surface area contributed by atoms with Gasteiger partial charge < -0.3 is 15.2 Å². The lowest BCUT2D eigenvalue weighted by Crippen LogP contribution is -2.18. The molecule has 0 radical (unpaired) electrons. The maximum Gasteiger partial charge on any atom is 0.573 e. The van der Waals surface area contributed by atoms with Gasteiger partial charge in [0.05, 0.1) is 24.5 Å². The molecule has 0 aliphatic carbocycles. The molecule has 1 aromatic heterocycles. The predicted molar refractivity (Wildman–Crippen MR) is 79.2 cm³/mol. The first-order valence-corrected chi connectivity index (χ1v) is 7.04. The van der Waals surface area contributed by atoms with Crippen molar-refractivity contribution in [3.8, 4) is 5.75 Å². The summed E-state index contributed by atoms with van der Waals surface area (Å²) in [6.45, 7) is 4.32. The van der Waals surface area contributed by atoms with Gasteiger partial charge in [0.1, 0.15) is 0 Å². The maximum atomic E-state index is 12.4. The second kappa shape index (κ2) is 6.91. The highest BCUT2D eigenvalue weighted by Crippen LogP contribution is 2.30. The van der Waals surface area contributed by atoms with Gasteiger partial charge in [0.2, 0.25) is 0 Å². The van der Waals surface area contributed by atoms with E-state index in [0.717, 1.165) is 17.0 Å². The molecule has 0 spiro atoms. The third-order valence-electron chi connectivity index (χ3n) is 3.41. The zero-order valence-corrected chi connectivity index (χ0v) is 12.8. The third-order valence-corrected chi connectivity index (χ3v) is 3.41. The fourth-order valence-electron chi connectivity index (χ4n) is 2.31. The van der Waals surface area contributed by atoms with Crippen LogP contribution >= 0.6 is 0 Å². The van der Waals surface area contributed by atoms with Crippen molar-refractivity contribution in [2.24, 2.45) is 0 Å². The van der Waals surface area contributed by atoms with Crippen molar-refractivity contribution >= 4 is 5.69 Å². The number of aliphatic hydroxyl groups is 1. The number of aromatic nitrogens is 2. The summed E-state index contributed by atoms with van der Waals surface area (Å²) in [5.41, 5.74) is 2.75. The molecule has 0 aliphatic heterocycles. The molecule has 8 heteroatoms. The van der Waals surface area contributed by atoms with Crippen LogP contribution in [0.25, 0.3) is 0 Å². The van der Waals surface area contributed by atoms with Crippen LogP contribution in [0, 0.1) is 13.8 Å². The van der Waals surface area contributed by atoms with E-state index in [0.29, 0.717) is 13.1 Å². The highest BCUT2D eigenvalue weighted by molar-refractivity contribution is 5.56. The summed E-state index contributed by atoms with van der Waals surface area (Å²) in [6.07, 6.45) is -4.74. The molecular formula is C15H18F3N3O2. The van der Waals surface area contributed by atoms with Crippen LogP contribution in [0.4, 0.5) is 18.9 Å². The van der Waals surface area contributed by atoms with E-state index in [1.807, 2.05) is 13.8 Å². The van der Waals surface area contributed by atoms with Crippen molar-refractivity contribution in [2.45, 2.75) is 33.3 Å². The fourth-order valence-corrected chi connectivity index (χ4v) is 2.31. The minimum absolute atomic E-state index is 0.0307. The number of anilines is 1. The van der Waals surface area contributed by atoms with E-state index in [1.54, 1.807) is 10.7 Å². The molecule has 2 N–H and O–H groups in total. The van der Waals surface area contributed by atoms with Crippen molar-refractivity contribution < 1.29 is 23.0 Å². The van der Waals surface area contributed by atoms with Crippen molar-refractivity contribution in [3.63, 3.8) is 0 Å². The molecule has 0 bridgehead atoms. The smallest absolute Gasteiger partial charge is 0.404 e. The Bertz CT molecular complexity index is 668. The molecule has 0 fully saturated rings. The molecule has 1 heterocycles. The Balaban J connectivity index is 2.16. The topological polar surface area (TPSA) is 59.3 Å². The first-order valence-electron chi connectivity index (χ1n) is 7.04. The number of benzene rings is 1. The number of aliphatic hydroxyl groups excluding tert-OH is 1. The fraction of sp³-hybridized carbons (Fsp3) is 0.400. The summed E-state index contributed by atoms with van der Waals surface area (Å²) in [4.78, 5) is 0. The van der Waals surface area contributed by atoms with Crippen molar-refractivity contribution in [2.75, 3.05) is 11.9 Å². The average molecular weight is 329 g/mol. The van der Waals surface area contributed by atoms with Gasteiger partial charge in [-0.15, -0.1) is 13.2 Å². The summed E-state index contributed by atoms with van der Waals surface area (Å²) in [7, 11) is 0. The zero-order chi connectivity index (χ0) is 17.0. The third kappa shape index (κ3) is 4.38. The monoisotopic (exact) mass is 329 g/mol. The maximum absolute atomic E-state index is 12.4. The number of rotatable bonds is 6. The van der Waals surface area contributed by atoms with Gasteiger partial charge >= 0.3 is 6.36 Å². The predicted octanol–water partition coefficient (Wildman–Crippen LogP) is 3.00. The first kappa shape index (κ1) is 17.1. The minimum atomic E-state index is -4.74. The molecule has 0 saturated carbocycles. The Hall–Kier alpha value is -2.22. The summed E-state index contributed by atoms with van der Waals surface area (Å²) in [5.74, 6) is -0.280. The lowest BCUT2D eigenvalue weighted by Gasteiger charge is -2.14. The number of hydrogen-bond donors (Lipinski definition) is 2. The van der Waals surface area contributed by atoms with Crippen LogP contribution in [0.15, 0.2) is 24.3 Å². The summed E-state index contributed by atoms with van der Waals surface area (Å²) >= 11 is 0. The van der Waals surface area contributed by atoms with E-state index >= 15 is 0 Å². The molecule has 126 valence electrons. The molecule has 0 unspecified atom stereocenters. The SMILES string of the molecule is Cc1nn(CCO)c(C)c1CNc1ccccc1OC(F)(F)F. The molecule has 0 atom stereocenters. The van der Waals surface area contributed by atoms with Crippen molar-refractivity contribution in [3.05, 3.63) is 41.2 Å². The van der Waals surface area contributed by atoms with Crippen LogP contribution < -0.4 is 10.1 Å². The Labute approximate surface area is 131 Å². The first-order chi connectivity index (χ1) is 10.8. The second-order valence-corrected chi connectivity index (χ2v) is 4.99. The molecule has 5 nitrogen and oxygen atoms in total. The van der Waals surface area contributed by atoms with Gasteiger partial charge in [-0.05, 0) is 26.0 Å². The number of aryl methyl sites for hydroxylation is 1. The standard InChI is InChI=1S/C15H18F3N3O2/c1-10-12(11(2)21(20-10)7-8-22)9-19-13-5-3-4-6-14(13)23-15(16,17)18/h3-6,19,22H,7-9H2,1-2H3. The van der Waals surface area contributed by atoms with Crippen LogP contribution in [0.3, 0.4) is 0 Å². The average Bonchev–Trinajstić information content (AvgIpc) is 2.72. The van der Waals surface area contributed by atoms with Crippen LogP contribution in [-0.4, -0.2) is 27.9 Å². The number of ether oxygens (including phenoxy) is 1. The normalized spacial score (nSPS) is 11.6. The summed E-state index contributed by atoms with van der Waals surface area (Å²) in [6, 6.07) is 5.87. The van der Waals surface area contributed by atoms with Crippen molar-refractivity contribution in [1.82, 2.24) is 9.78 Å². The largest absolute Gasteiger partial charge is 0.573 e. The van der Waals surface area contributed by atoms with E-state index in [9.17, 15) is 13.2 Å². The lowest BCUT2D eigenvalue weighted by molar-refractivity contribution is -0.274. The van der Waals surface area contributed by atoms with Gasteiger partial charge in [-0.25, -0.2) is 0 Å². The Kier molecular flexibility index (Phi) is 5.15. The number of hydrogen-bond acceptors (Lipinski definition) is 4. The second-order valence-electron chi connectivity index (χ2n) is 4.99. The van der Waals surface area contributed by atoms with Gasteiger partial charge in [-0.2, -0.15) is 5.10 Å². The van der Waals surface area contributed by atoms with Gasteiger partial charge in [0.25, 0.3) is 0 Å². The Morgan fingerprint density at radius 3 is 2.61 bits per heavy atom. The highest BCUT2D eigenvalue weighted by Gasteiger charge is 2.32. The summed E-state index contributed by atoms with van der Waals surface area (Å²) in [5, 5.41) is 16.2. The molecule has 2 rings (SSSR count). The molecule has 1 aromatic carbocycles. The van der Waals surface area contributed by atoms with Crippen LogP contribution in [0.2, 0.25) is 0 Å². The quantitative estimate of drug-likeness (QED) is 0.855. The molecule has 0 saturated heterocycles. The molecule has 23 heavy (non-hydrogen) atoms. The van der Waals surface area contributed by atoms with Gasteiger partial charge in [-0.1, -0.05) is 12.1 Å². The lowest BCUT2D eigenvalue weighted by atomic mass is 10.2. The van der Waals surface area contributed by atoms with Crippen LogP contribution in [0.1, 0.15) is 17.0 Å². The zero-order valence-electron chi connectivity index (χ0n) is 12.8. The Morgan fingerprint density at radius 2 is 1.96 bits per heavy atom. The highest BCUT2D eigenvalue weighted by atomic mass is 19.4. The van der Waals surface area contributed by atoms with Crippen LogP contribution in [-0.2, 0) is 13.1 Å². The number of nitrogens with one attached hydrogen (secondary N) is 1. The van der Waals surface area contributed by atoms with Crippen LogP contribution in [0.5, 0.6) is 5.75 Å². The van der Waals surface area contributed by atoms with E-state index in [1.165, 1.54) is 18.2 Å². The van der Waals surface area contributed by atoms with Crippen molar-refractivity contribution in [1.29, 1.82) is 0 Å². The van der Waals surface area contributed by atoms with Gasteiger partial charge in [0.15, 0.2) is 5.75 Å². The number of alkyl halides is 3. The van der Waals surface area contributed by atoms with E-state index in [4.69, 9.17) is 5.11 Å². The number of halogens is 3. The molecular weight excluding hydrogens is 311 g/mol. The van der Waals surface area contributed by atoms with E-state index < -0.39 is 6.36 Å². The van der Waals surface area contributed by atoms with E-state index in [2.05, 4.69) is 15.2 Å². The Morgan fingerprint density at radius 1 is 1.26 bits per heavy atom.